The van der Waals surface area contributed by atoms with Crippen molar-refractivity contribution in [2.75, 3.05) is 0 Å². The number of aliphatic hydroxyl groups excluding tert-OH is 1. The van der Waals surface area contributed by atoms with Gasteiger partial charge in [-0.3, -0.25) is 0 Å². The standard InChI is InChI=1S/C10H7ClN2O/c11-9-4-8-6(5-12)2-1-3-7(8)10(14)13-9/h1-4,10,13-14H. The summed E-state index contributed by atoms with van der Waals surface area (Å²) in [5.74, 6) is 0. The van der Waals surface area contributed by atoms with Gasteiger partial charge in [0.05, 0.1) is 11.6 Å². The molecular weight excluding hydrogens is 200 g/mol. The number of halogens is 1. The van der Waals surface area contributed by atoms with Crippen LogP contribution in [0.15, 0.2) is 23.4 Å². The Hall–Kier alpha value is -1.50. The third-order valence-corrected chi connectivity index (χ3v) is 2.32. The number of nitriles is 1. The Bertz CT molecular complexity index is 448. The van der Waals surface area contributed by atoms with E-state index in [-0.39, 0.29) is 0 Å². The molecule has 0 saturated heterocycles. The highest BCUT2D eigenvalue weighted by Crippen LogP contribution is 2.28. The molecule has 0 bridgehead atoms. The fraction of sp³-hybridized carbons (Fsp3) is 0.100. The van der Waals surface area contributed by atoms with Crippen LogP contribution in [0.2, 0.25) is 0 Å². The average molecular weight is 207 g/mol. The minimum atomic E-state index is -0.837. The van der Waals surface area contributed by atoms with Crippen LogP contribution in [0.3, 0.4) is 0 Å². The minimum absolute atomic E-state index is 0.340. The Balaban J connectivity index is 2.67. The summed E-state index contributed by atoms with van der Waals surface area (Å²) in [5.41, 5.74) is 1.88. The fourth-order valence-corrected chi connectivity index (χ4v) is 1.67. The molecule has 1 aliphatic rings. The van der Waals surface area contributed by atoms with Gasteiger partial charge in [0.2, 0.25) is 0 Å². The summed E-state index contributed by atoms with van der Waals surface area (Å²) in [7, 11) is 0. The maximum atomic E-state index is 9.61. The van der Waals surface area contributed by atoms with Crippen LogP contribution in [-0.4, -0.2) is 5.11 Å². The van der Waals surface area contributed by atoms with Gasteiger partial charge < -0.3 is 10.4 Å². The predicted molar refractivity (Wildman–Crippen MR) is 53.1 cm³/mol. The third-order valence-electron chi connectivity index (χ3n) is 2.10. The topological polar surface area (TPSA) is 56.0 Å². The first-order chi connectivity index (χ1) is 6.72. The highest BCUT2D eigenvalue weighted by atomic mass is 35.5. The van der Waals surface area contributed by atoms with Gasteiger partial charge in [-0.2, -0.15) is 5.26 Å². The van der Waals surface area contributed by atoms with E-state index in [0.29, 0.717) is 21.8 Å². The zero-order chi connectivity index (χ0) is 10.1. The van der Waals surface area contributed by atoms with Crippen LogP contribution in [0.5, 0.6) is 0 Å². The fourth-order valence-electron chi connectivity index (χ4n) is 1.46. The average Bonchev–Trinajstić information content (AvgIpc) is 2.17. The summed E-state index contributed by atoms with van der Waals surface area (Å²) in [4.78, 5) is 0. The number of hydrogen-bond donors (Lipinski definition) is 2. The molecule has 2 rings (SSSR count). The van der Waals surface area contributed by atoms with Gasteiger partial charge in [0, 0.05) is 11.1 Å². The van der Waals surface area contributed by atoms with Crippen molar-refractivity contribution in [2.45, 2.75) is 6.23 Å². The SMILES string of the molecule is N#Cc1cccc2c1C=C(Cl)NC2O. The Kier molecular flexibility index (Phi) is 2.16. The third kappa shape index (κ3) is 1.35. The lowest BCUT2D eigenvalue weighted by Crippen LogP contribution is -2.22. The maximum Gasteiger partial charge on any atom is 0.152 e. The maximum absolute atomic E-state index is 9.61. The van der Waals surface area contributed by atoms with E-state index < -0.39 is 6.23 Å². The van der Waals surface area contributed by atoms with Crippen LogP contribution >= 0.6 is 11.6 Å². The molecule has 0 aromatic heterocycles. The van der Waals surface area contributed by atoms with Crippen LogP contribution < -0.4 is 5.32 Å². The van der Waals surface area contributed by atoms with E-state index in [0.717, 1.165) is 0 Å². The zero-order valence-electron chi connectivity index (χ0n) is 7.16. The number of fused-ring (bicyclic) bond motifs is 1. The molecule has 0 aliphatic carbocycles. The van der Waals surface area contributed by atoms with Crippen molar-refractivity contribution in [3.8, 4) is 6.07 Å². The minimum Gasteiger partial charge on any atom is -0.369 e. The Morgan fingerprint density at radius 3 is 3.00 bits per heavy atom. The van der Waals surface area contributed by atoms with Crippen molar-refractivity contribution in [1.29, 1.82) is 5.26 Å². The van der Waals surface area contributed by atoms with E-state index in [1.807, 2.05) is 0 Å². The van der Waals surface area contributed by atoms with E-state index in [2.05, 4.69) is 11.4 Å². The van der Waals surface area contributed by atoms with Crippen molar-refractivity contribution in [3.63, 3.8) is 0 Å². The molecule has 3 nitrogen and oxygen atoms in total. The second kappa shape index (κ2) is 3.33. The second-order valence-corrected chi connectivity index (χ2v) is 3.37. The predicted octanol–water partition coefficient (Wildman–Crippen LogP) is 1.69. The molecule has 1 aliphatic heterocycles. The van der Waals surface area contributed by atoms with Gasteiger partial charge in [0.15, 0.2) is 6.23 Å². The first kappa shape index (κ1) is 9.07. The van der Waals surface area contributed by atoms with E-state index in [9.17, 15) is 5.11 Å². The van der Waals surface area contributed by atoms with Crippen LogP contribution in [0, 0.1) is 11.3 Å². The molecule has 1 aromatic carbocycles. The summed E-state index contributed by atoms with van der Waals surface area (Å²) >= 11 is 5.75. The van der Waals surface area contributed by atoms with E-state index in [1.54, 1.807) is 24.3 Å². The van der Waals surface area contributed by atoms with Gasteiger partial charge >= 0.3 is 0 Å². The summed E-state index contributed by atoms with van der Waals surface area (Å²) in [5, 5.41) is 21.4. The van der Waals surface area contributed by atoms with E-state index in [4.69, 9.17) is 16.9 Å². The van der Waals surface area contributed by atoms with Crippen molar-refractivity contribution in [1.82, 2.24) is 5.32 Å². The molecular formula is C10H7ClN2O. The molecule has 0 amide bonds. The van der Waals surface area contributed by atoms with Crippen molar-refractivity contribution >= 4 is 17.7 Å². The number of nitrogens with one attached hydrogen (secondary N) is 1. The van der Waals surface area contributed by atoms with Gasteiger partial charge in [-0.1, -0.05) is 23.7 Å². The van der Waals surface area contributed by atoms with Crippen molar-refractivity contribution in [2.24, 2.45) is 0 Å². The molecule has 0 radical (unpaired) electrons. The monoisotopic (exact) mass is 206 g/mol. The van der Waals surface area contributed by atoms with Crippen LogP contribution in [0.25, 0.3) is 6.08 Å². The number of nitrogens with zero attached hydrogens (tertiary/aromatic N) is 1. The Morgan fingerprint density at radius 2 is 2.29 bits per heavy atom. The van der Waals surface area contributed by atoms with Crippen molar-refractivity contribution < 1.29 is 5.11 Å². The largest absolute Gasteiger partial charge is 0.369 e. The molecule has 0 spiro atoms. The quantitative estimate of drug-likeness (QED) is 0.636. The Labute approximate surface area is 86.2 Å². The van der Waals surface area contributed by atoms with Crippen LogP contribution in [0.4, 0.5) is 0 Å². The highest BCUT2D eigenvalue weighted by molar-refractivity contribution is 6.31. The van der Waals surface area contributed by atoms with Crippen LogP contribution in [0.1, 0.15) is 22.9 Å². The number of benzene rings is 1. The van der Waals surface area contributed by atoms with Crippen LogP contribution in [-0.2, 0) is 0 Å². The lowest BCUT2D eigenvalue weighted by atomic mass is 9.98. The molecule has 70 valence electrons. The van der Waals surface area contributed by atoms with Gasteiger partial charge in [-0.25, -0.2) is 0 Å². The summed E-state index contributed by atoms with van der Waals surface area (Å²) in [6.45, 7) is 0. The molecule has 2 N–H and O–H groups in total. The van der Waals surface area contributed by atoms with Gasteiger partial charge in [-0.15, -0.1) is 0 Å². The number of rotatable bonds is 0. The first-order valence-electron chi connectivity index (χ1n) is 4.07. The van der Waals surface area contributed by atoms with Gasteiger partial charge in [-0.05, 0) is 12.1 Å². The summed E-state index contributed by atoms with van der Waals surface area (Å²) in [6, 6.07) is 7.24. The summed E-state index contributed by atoms with van der Waals surface area (Å²) < 4.78 is 0. The van der Waals surface area contributed by atoms with Crippen molar-refractivity contribution in [3.05, 3.63) is 40.0 Å². The normalized spacial score (nSPS) is 18.9. The lowest BCUT2D eigenvalue weighted by molar-refractivity contribution is 0.153. The second-order valence-electron chi connectivity index (χ2n) is 2.96. The molecule has 1 heterocycles. The van der Waals surface area contributed by atoms with E-state index >= 15 is 0 Å². The molecule has 14 heavy (non-hydrogen) atoms. The zero-order valence-corrected chi connectivity index (χ0v) is 7.92. The smallest absolute Gasteiger partial charge is 0.152 e. The Morgan fingerprint density at radius 1 is 1.50 bits per heavy atom. The molecule has 4 heteroatoms. The molecule has 0 saturated carbocycles. The highest BCUT2D eigenvalue weighted by Gasteiger charge is 2.18. The first-order valence-corrected chi connectivity index (χ1v) is 4.45. The molecule has 1 atom stereocenters. The lowest BCUT2D eigenvalue weighted by Gasteiger charge is -2.21. The molecule has 1 aromatic rings. The molecule has 1 unspecified atom stereocenters. The number of aliphatic hydroxyl groups is 1. The van der Waals surface area contributed by atoms with E-state index in [1.165, 1.54) is 0 Å². The number of hydrogen-bond acceptors (Lipinski definition) is 3. The summed E-state index contributed by atoms with van der Waals surface area (Å²) in [6.07, 6.45) is 0.804. The molecule has 0 fully saturated rings. The van der Waals surface area contributed by atoms with Gasteiger partial charge in [0.25, 0.3) is 0 Å². The van der Waals surface area contributed by atoms with Gasteiger partial charge in [0.1, 0.15) is 5.16 Å².